The molecule has 1 N–H and O–H groups in total. The Bertz CT molecular complexity index is 298. The van der Waals surface area contributed by atoms with Gasteiger partial charge in [-0.3, -0.25) is 0 Å². The van der Waals surface area contributed by atoms with Crippen LogP contribution in [0.4, 0.5) is 0 Å². The molecule has 0 saturated carbocycles. The molecule has 0 bridgehead atoms. The molecule has 0 aliphatic rings. The van der Waals surface area contributed by atoms with Crippen molar-refractivity contribution in [1.29, 1.82) is 0 Å². The molecular formula is C16H29NO2. The molecular weight excluding hydrogens is 238 g/mol. The second-order valence-electron chi connectivity index (χ2n) is 5.29. The van der Waals surface area contributed by atoms with Gasteiger partial charge < -0.3 is 14.5 Å². The first-order chi connectivity index (χ1) is 9.26. The van der Waals surface area contributed by atoms with Gasteiger partial charge >= 0.3 is 0 Å². The summed E-state index contributed by atoms with van der Waals surface area (Å²) in [5.74, 6) is 1.71. The van der Waals surface area contributed by atoms with Crippen molar-refractivity contribution in [2.45, 2.75) is 59.1 Å². The van der Waals surface area contributed by atoms with E-state index in [1.807, 2.05) is 12.1 Å². The molecule has 0 aliphatic carbocycles. The third-order valence-electron chi connectivity index (χ3n) is 3.60. The summed E-state index contributed by atoms with van der Waals surface area (Å²) in [4.78, 5) is 0. The molecule has 0 amide bonds. The summed E-state index contributed by atoms with van der Waals surface area (Å²) in [5, 5.41) is 3.62. The number of furan rings is 1. The summed E-state index contributed by atoms with van der Waals surface area (Å²) in [6.07, 6.45) is 6.49. The second-order valence-corrected chi connectivity index (χ2v) is 5.29. The Hall–Kier alpha value is -0.800. The summed E-state index contributed by atoms with van der Waals surface area (Å²) in [7, 11) is 0. The Labute approximate surface area is 117 Å². The molecule has 0 fully saturated rings. The van der Waals surface area contributed by atoms with Crippen molar-refractivity contribution in [3.8, 4) is 0 Å². The molecule has 1 rings (SSSR count). The number of hydrogen-bond donors (Lipinski definition) is 1. The zero-order valence-electron chi connectivity index (χ0n) is 12.7. The van der Waals surface area contributed by atoms with Crippen LogP contribution < -0.4 is 5.32 Å². The van der Waals surface area contributed by atoms with Gasteiger partial charge in [-0.2, -0.15) is 0 Å². The molecule has 0 radical (unpaired) electrons. The lowest BCUT2D eigenvalue weighted by molar-refractivity contribution is 0.103. The highest BCUT2D eigenvalue weighted by atomic mass is 16.5. The number of nitrogens with one attached hydrogen (secondary N) is 1. The van der Waals surface area contributed by atoms with Gasteiger partial charge in [-0.1, -0.05) is 27.2 Å². The first-order valence-electron chi connectivity index (χ1n) is 7.59. The lowest BCUT2D eigenvalue weighted by Gasteiger charge is -2.20. The zero-order chi connectivity index (χ0) is 13.9. The van der Waals surface area contributed by atoms with Crippen molar-refractivity contribution in [1.82, 2.24) is 5.32 Å². The normalized spacial score (nSPS) is 14.5. The van der Waals surface area contributed by atoms with Crippen LogP contribution in [0.5, 0.6) is 0 Å². The minimum atomic E-state index is 0.580. The van der Waals surface area contributed by atoms with Crippen molar-refractivity contribution in [3.05, 3.63) is 24.2 Å². The van der Waals surface area contributed by atoms with Crippen LogP contribution in [0, 0.1) is 5.92 Å². The molecule has 19 heavy (non-hydrogen) atoms. The lowest BCUT2D eigenvalue weighted by atomic mass is 9.98. The van der Waals surface area contributed by atoms with E-state index >= 15 is 0 Å². The van der Waals surface area contributed by atoms with Gasteiger partial charge in [-0.15, -0.1) is 0 Å². The maximum Gasteiger partial charge on any atom is 0.129 e. The molecule has 1 heterocycles. The van der Waals surface area contributed by atoms with Gasteiger partial charge in [0.05, 0.1) is 6.26 Å². The Kier molecular flexibility index (Phi) is 8.59. The molecule has 3 heteroatoms. The van der Waals surface area contributed by atoms with Gasteiger partial charge in [-0.25, -0.2) is 0 Å². The van der Waals surface area contributed by atoms with Gasteiger partial charge in [0, 0.05) is 12.6 Å². The van der Waals surface area contributed by atoms with E-state index in [0.717, 1.165) is 31.3 Å². The van der Waals surface area contributed by atoms with Crippen molar-refractivity contribution < 1.29 is 9.15 Å². The van der Waals surface area contributed by atoms with Crippen LogP contribution in [0.15, 0.2) is 22.8 Å². The standard InChI is InChI=1S/C16H29NO2/c1-4-14(3)12-15(5-2)17-9-7-10-18-13-16-8-6-11-19-16/h6,8,11,14-15,17H,4-5,7,9-10,12-13H2,1-3H3. The Balaban J connectivity index is 1.99. The predicted molar refractivity (Wildman–Crippen MR) is 79.1 cm³/mol. The number of ether oxygens (including phenoxy) is 1. The average molecular weight is 267 g/mol. The quantitative estimate of drug-likeness (QED) is 0.616. The van der Waals surface area contributed by atoms with Crippen molar-refractivity contribution in [2.75, 3.05) is 13.2 Å². The SMILES string of the molecule is CCC(C)CC(CC)NCCCOCc1ccco1. The highest BCUT2D eigenvalue weighted by Crippen LogP contribution is 2.11. The molecule has 1 aromatic heterocycles. The van der Waals surface area contributed by atoms with Gasteiger partial charge in [0.1, 0.15) is 12.4 Å². The fourth-order valence-electron chi connectivity index (χ4n) is 2.09. The van der Waals surface area contributed by atoms with Gasteiger partial charge in [-0.05, 0) is 43.9 Å². The lowest BCUT2D eigenvalue weighted by Crippen LogP contribution is -2.31. The van der Waals surface area contributed by atoms with Crippen LogP contribution in [0.25, 0.3) is 0 Å². The third-order valence-corrected chi connectivity index (χ3v) is 3.60. The molecule has 0 spiro atoms. The predicted octanol–water partition coefficient (Wildman–Crippen LogP) is 3.99. The fraction of sp³-hybridized carbons (Fsp3) is 0.750. The number of rotatable bonds is 11. The van der Waals surface area contributed by atoms with Crippen LogP contribution in [0.1, 0.15) is 52.2 Å². The minimum Gasteiger partial charge on any atom is -0.467 e. The molecule has 2 atom stereocenters. The summed E-state index contributed by atoms with van der Waals surface area (Å²) >= 11 is 0. The molecule has 2 unspecified atom stereocenters. The van der Waals surface area contributed by atoms with Crippen molar-refractivity contribution in [2.24, 2.45) is 5.92 Å². The molecule has 0 saturated heterocycles. The molecule has 0 aliphatic heterocycles. The van der Waals surface area contributed by atoms with E-state index in [4.69, 9.17) is 9.15 Å². The maximum atomic E-state index is 5.56. The van der Waals surface area contributed by atoms with Crippen LogP contribution in [0.3, 0.4) is 0 Å². The Morgan fingerprint density at radius 2 is 2.16 bits per heavy atom. The fourth-order valence-corrected chi connectivity index (χ4v) is 2.09. The average Bonchev–Trinajstić information content (AvgIpc) is 2.94. The minimum absolute atomic E-state index is 0.580. The van der Waals surface area contributed by atoms with Crippen molar-refractivity contribution >= 4 is 0 Å². The molecule has 1 aromatic rings. The van der Waals surface area contributed by atoms with Crippen LogP contribution in [-0.2, 0) is 11.3 Å². The first-order valence-corrected chi connectivity index (χ1v) is 7.59. The first kappa shape index (κ1) is 16.3. The molecule has 110 valence electrons. The summed E-state index contributed by atoms with van der Waals surface area (Å²) in [5.41, 5.74) is 0. The third kappa shape index (κ3) is 7.38. The zero-order valence-corrected chi connectivity index (χ0v) is 12.7. The van der Waals surface area contributed by atoms with E-state index in [1.54, 1.807) is 6.26 Å². The summed E-state index contributed by atoms with van der Waals surface area (Å²) in [6, 6.07) is 4.48. The van der Waals surface area contributed by atoms with E-state index in [1.165, 1.54) is 19.3 Å². The van der Waals surface area contributed by atoms with Gasteiger partial charge in [0.2, 0.25) is 0 Å². The molecule has 3 nitrogen and oxygen atoms in total. The Morgan fingerprint density at radius 1 is 1.32 bits per heavy atom. The maximum absolute atomic E-state index is 5.56. The van der Waals surface area contributed by atoms with Crippen LogP contribution >= 0.6 is 0 Å². The van der Waals surface area contributed by atoms with E-state index in [-0.39, 0.29) is 0 Å². The van der Waals surface area contributed by atoms with Crippen LogP contribution in [-0.4, -0.2) is 19.2 Å². The van der Waals surface area contributed by atoms with Gasteiger partial charge in [0.15, 0.2) is 0 Å². The topological polar surface area (TPSA) is 34.4 Å². The molecule has 0 aromatic carbocycles. The van der Waals surface area contributed by atoms with Crippen LogP contribution in [0.2, 0.25) is 0 Å². The summed E-state index contributed by atoms with van der Waals surface area (Å²) in [6.45, 7) is 9.25. The second kappa shape index (κ2) is 10.0. The highest BCUT2D eigenvalue weighted by Gasteiger charge is 2.09. The van der Waals surface area contributed by atoms with Crippen molar-refractivity contribution in [3.63, 3.8) is 0 Å². The Morgan fingerprint density at radius 3 is 2.79 bits per heavy atom. The smallest absolute Gasteiger partial charge is 0.129 e. The summed E-state index contributed by atoms with van der Waals surface area (Å²) < 4.78 is 10.8. The van der Waals surface area contributed by atoms with E-state index < -0.39 is 0 Å². The largest absolute Gasteiger partial charge is 0.467 e. The van der Waals surface area contributed by atoms with Gasteiger partial charge in [0.25, 0.3) is 0 Å². The highest BCUT2D eigenvalue weighted by molar-refractivity contribution is 4.95. The van der Waals surface area contributed by atoms with E-state index in [2.05, 4.69) is 26.1 Å². The number of hydrogen-bond acceptors (Lipinski definition) is 3. The van der Waals surface area contributed by atoms with E-state index in [9.17, 15) is 0 Å². The van der Waals surface area contributed by atoms with E-state index in [0.29, 0.717) is 12.6 Å². The monoisotopic (exact) mass is 267 g/mol.